The van der Waals surface area contributed by atoms with Gasteiger partial charge in [-0.05, 0) is 30.9 Å². The molecular weight excluding hydrogens is 367 g/mol. The van der Waals surface area contributed by atoms with Gasteiger partial charge in [0.1, 0.15) is 11.5 Å². The smallest absolute Gasteiger partial charge is 0.248 e. The highest BCUT2D eigenvalue weighted by molar-refractivity contribution is 5.83. The fourth-order valence-electron chi connectivity index (χ4n) is 4.18. The van der Waals surface area contributed by atoms with Crippen molar-refractivity contribution in [2.24, 2.45) is 5.92 Å². The van der Waals surface area contributed by atoms with Gasteiger partial charge in [-0.2, -0.15) is 0 Å². The number of halogens is 1. The Kier molecular flexibility index (Phi) is 4.29. The van der Waals surface area contributed by atoms with Crippen LogP contribution in [-0.2, 0) is 6.54 Å². The first-order chi connectivity index (χ1) is 14.1. The van der Waals surface area contributed by atoms with Crippen molar-refractivity contribution >= 4 is 22.3 Å². The summed E-state index contributed by atoms with van der Waals surface area (Å²) in [6.07, 6.45) is 8.00. The average Bonchev–Trinajstić information content (AvgIpc) is 2.68. The lowest BCUT2D eigenvalue weighted by atomic mass is 9.81. The molecule has 3 heterocycles. The predicted octanol–water partition coefficient (Wildman–Crippen LogP) is 4.55. The Hall–Kier alpha value is -3.24. The van der Waals surface area contributed by atoms with Gasteiger partial charge in [-0.3, -0.25) is 9.78 Å². The molecule has 6 heteroatoms. The van der Waals surface area contributed by atoms with E-state index < -0.39 is 5.82 Å². The van der Waals surface area contributed by atoms with Gasteiger partial charge in [-0.25, -0.2) is 9.37 Å². The highest BCUT2D eigenvalue weighted by Crippen LogP contribution is 2.38. The summed E-state index contributed by atoms with van der Waals surface area (Å²) in [5.74, 6) is 0.989. The van der Waals surface area contributed by atoms with Crippen LogP contribution in [0.3, 0.4) is 0 Å². The topological polar surface area (TPSA) is 61.9 Å². The zero-order valence-corrected chi connectivity index (χ0v) is 16.2. The molecule has 0 bridgehead atoms. The SMILES string of the molecule is CC1=C=C(CC2CCC2)N(Cc2cc(=O)[nH]c3c(F)cccc23)c2nccnc21. The lowest BCUT2D eigenvalue weighted by Gasteiger charge is -2.34. The van der Waals surface area contributed by atoms with E-state index in [1.54, 1.807) is 24.5 Å². The number of pyridine rings is 1. The Balaban J connectivity index is 1.64. The minimum atomic E-state index is -0.429. The second-order valence-electron chi connectivity index (χ2n) is 7.83. The molecular formula is C23H21FN4O. The summed E-state index contributed by atoms with van der Waals surface area (Å²) < 4.78 is 14.3. The summed E-state index contributed by atoms with van der Waals surface area (Å²) in [5, 5.41) is 0.698. The van der Waals surface area contributed by atoms with Crippen molar-refractivity contribution in [2.45, 2.75) is 39.2 Å². The summed E-state index contributed by atoms with van der Waals surface area (Å²) >= 11 is 0. The molecule has 1 aliphatic carbocycles. The third-order valence-corrected chi connectivity index (χ3v) is 5.90. The van der Waals surface area contributed by atoms with Gasteiger partial charge in [0.15, 0.2) is 5.82 Å². The second-order valence-corrected chi connectivity index (χ2v) is 7.83. The molecule has 1 N–H and O–H groups in total. The third-order valence-electron chi connectivity index (χ3n) is 5.90. The van der Waals surface area contributed by atoms with Gasteiger partial charge in [-0.1, -0.05) is 37.1 Å². The quantitative estimate of drug-likeness (QED) is 0.666. The Morgan fingerprint density at radius 1 is 1.28 bits per heavy atom. The standard InChI is InChI=1S/C23H21FN4O/c1-14-10-17(11-15-4-2-5-15)28(23-21(14)25-8-9-26-23)13-16-12-20(29)27-22-18(16)6-3-7-19(22)24/h3,6-9,12,15H,2,4-5,11,13H2,1H3,(H,27,29). The molecule has 146 valence electrons. The summed E-state index contributed by atoms with van der Waals surface area (Å²) in [6.45, 7) is 2.42. The number of aromatic amines is 1. The van der Waals surface area contributed by atoms with Crippen LogP contribution in [0.2, 0.25) is 0 Å². The maximum absolute atomic E-state index is 14.3. The molecule has 0 saturated heterocycles. The van der Waals surface area contributed by atoms with E-state index >= 15 is 0 Å². The molecule has 3 aromatic rings. The van der Waals surface area contributed by atoms with E-state index in [2.05, 4.69) is 25.6 Å². The van der Waals surface area contributed by atoms with Gasteiger partial charge in [0, 0.05) is 29.4 Å². The molecule has 0 radical (unpaired) electrons. The molecule has 0 atom stereocenters. The van der Waals surface area contributed by atoms with Gasteiger partial charge in [0.25, 0.3) is 0 Å². The van der Waals surface area contributed by atoms with Crippen LogP contribution in [0.25, 0.3) is 16.5 Å². The van der Waals surface area contributed by atoms with E-state index in [1.807, 2.05) is 13.0 Å². The molecule has 0 spiro atoms. The number of hydrogen-bond acceptors (Lipinski definition) is 4. The van der Waals surface area contributed by atoms with Gasteiger partial charge in [-0.15, -0.1) is 0 Å². The van der Waals surface area contributed by atoms with Crippen LogP contribution < -0.4 is 10.5 Å². The fraction of sp³-hybridized carbons (Fsp3) is 0.304. The average molecular weight is 388 g/mol. The predicted molar refractivity (Wildman–Crippen MR) is 111 cm³/mol. The van der Waals surface area contributed by atoms with Gasteiger partial charge in [0.2, 0.25) is 5.56 Å². The highest BCUT2D eigenvalue weighted by Gasteiger charge is 2.28. The van der Waals surface area contributed by atoms with Crippen LogP contribution in [0.4, 0.5) is 10.2 Å². The van der Waals surface area contributed by atoms with Crippen molar-refractivity contribution in [3.05, 3.63) is 75.5 Å². The normalized spacial score (nSPS) is 16.3. The molecule has 1 aliphatic heterocycles. The number of anilines is 1. The maximum Gasteiger partial charge on any atom is 0.248 e. The van der Waals surface area contributed by atoms with E-state index in [4.69, 9.17) is 0 Å². The molecule has 1 saturated carbocycles. The largest absolute Gasteiger partial charge is 0.319 e. The minimum absolute atomic E-state index is 0.239. The van der Waals surface area contributed by atoms with E-state index in [0.29, 0.717) is 17.8 Å². The minimum Gasteiger partial charge on any atom is -0.319 e. The van der Waals surface area contributed by atoms with Crippen molar-refractivity contribution < 1.29 is 4.39 Å². The van der Waals surface area contributed by atoms with E-state index in [-0.39, 0.29) is 11.1 Å². The Labute approximate surface area is 167 Å². The first-order valence-corrected chi connectivity index (χ1v) is 9.96. The van der Waals surface area contributed by atoms with E-state index in [1.165, 1.54) is 25.3 Å². The summed E-state index contributed by atoms with van der Waals surface area (Å²) in [6, 6.07) is 6.40. The lowest BCUT2D eigenvalue weighted by molar-refractivity contribution is 0.311. The third kappa shape index (κ3) is 3.15. The lowest BCUT2D eigenvalue weighted by Crippen LogP contribution is -2.29. The monoisotopic (exact) mass is 388 g/mol. The molecule has 2 aliphatic rings. The number of allylic oxidation sites excluding steroid dienone is 1. The molecule has 1 fully saturated rings. The van der Waals surface area contributed by atoms with Gasteiger partial charge >= 0.3 is 0 Å². The number of aromatic nitrogens is 3. The molecule has 29 heavy (non-hydrogen) atoms. The Morgan fingerprint density at radius 2 is 2.10 bits per heavy atom. The number of nitrogens with zero attached hydrogens (tertiary/aromatic N) is 3. The highest BCUT2D eigenvalue weighted by atomic mass is 19.1. The van der Waals surface area contributed by atoms with Crippen molar-refractivity contribution in [1.82, 2.24) is 15.0 Å². The van der Waals surface area contributed by atoms with Crippen molar-refractivity contribution in [1.29, 1.82) is 0 Å². The molecule has 5 rings (SSSR count). The number of fused-ring (bicyclic) bond motifs is 2. The fourth-order valence-corrected chi connectivity index (χ4v) is 4.18. The summed E-state index contributed by atoms with van der Waals surface area (Å²) in [7, 11) is 0. The zero-order chi connectivity index (χ0) is 20.0. The number of benzene rings is 1. The Morgan fingerprint density at radius 3 is 2.90 bits per heavy atom. The second kappa shape index (κ2) is 6.98. The molecule has 5 nitrogen and oxygen atoms in total. The number of hydrogen-bond donors (Lipinski definition) is 1. The van der Waals surface area contributed by atoms with Gasteiger partial charge in [0.05, 0.1) is 17.8 Å². The number of H-pyrrole nitrogens is 1. The van der Waals surface area contributed by atoms with Crippen molar-refractivity contribution in [3.63, 3.8) is 0 Å². The zero-order valence-electron chi connectivity index (χ0n) is 16.2. The van der Waals surface area contributed by atoms with E-state index in [9.17, 15) is 9.18 Å². The van der Waals surface area contributed by atoms with Crippen LogP contribution in [0.1, 0.15) is 43.9 Å². The van der Waals surface area contributed by atoms with Crippen LogP contribution in [0.5, 0.6) is 0 Å². The molecule has 0 unspecified atom stereocenters. The first kappa shape index (κ1) is 17.8. The van der Waals surface area contributed by atoms with Crippen molar-refractivity contribution in [3.8, 4) is 0 Å². The van der Waals surface area contributed by atoms with Crippen LogP contribution in [-0.4, -0.2) is 15.0 Å². The summed E-state index contributed by atoms with van der Waals surface area (Å²) in [4.78, 5) is 26.0. The maximum atomic E-state index is 14.3. The molecule has 2 aromatic heterocycles. The molecule has 0 amide bonds. The van der Waals surface area contributed by atoms with E-state index in [0.717, 1.165) is 34.8 Å². The van der Waals surface area contributed by atoms with Crippen LogP contribution in [0, 0.1) is 11.7 Å². The Bertz CT molecular complexity index is 1240. The molecule has 1 aromatic carbocycles. The van der Waals surface area contributed by atoms with Crippen LogP contribution in [0.15, 0.2) is 52.9 Å². The van der Waals surface area contributed by atoms with Crippen LogP contribution >= 0.6 is 0 Å². The van der Waals surface area contributed by atoms with Gasteiger partial charge < -0.3 is 9.88 Å². The van der Waals surface area contributed by atoms with Crippen molar-refractivity contribution in [2.75, 3.05) is 4.90 Å². The number of nitrogens with one attached hydrogen (secondary N) is 1. The first-order valence-electron chi connectivity index (χ1n) is 9.96. The number of rotatable bonds is 4. The summed E-state index contributed by atoms with van der Waals surface area (Å²) in [5.41, 5.74) is 7.02. The number of para-hydroxylation sites is 1.